The van der Waals surface area contributed by atoms with E-state index in [1.54, 1.807) is 24.3 Å². The number of primary amides is 1. The van der Waals surface area contributed by atoms with Gasteiger partial charge in [-0.1, -0.05) is 42.8 Å². The number of carbonyl (C=O) groups excluding carboxylic acids is 2. The van der Waals surface area contributed by atoms with E-state index in [4.69, 9.17) is 5.73 Å². The number of nitrogens with one attached hydrogen (secondary N) is 1. The Morgan fingerprint density at radius 3 is 2.32 bits per heavy atom. The molecule has 0 saturated heterocycles. The molecule has 2 aromatic carbocycles. The number of amides is 2. The molecule has 2 amide bonds. The number of hydrogen-bond acceptors (Lipinski definition) is 2. The molecule has 1 aliphatic rings. The predicted octanol–water partition coefficient (Wildman–Crippen LogP) is 2.85. The van der Waals surface area contributed by atoms with Gasteiger partial charge in [0.25, 0.3) is 0 Å². The van der Waals surface area contributed by atoms with Crippen molar-refractivity contribution in [1.29, 1.82) is 0 Å². The number of carbonyl (C=O) groups is 2. The molecule has 1 saturated carbocycles. The fourth-order valence-corrected chi connectivity index (χ4v) is 2.94. The number of nitrogens with two attached hydrogens (primary N) is 1. The first kappa shape index (κ1) is 14.3. The minimum absolute atomic E-state index is 0.0217. The molecule has 0 radical (unpaired) electrons. The van der Waals surface area contributed by atoms with Crippen LogP contribution < -0.4 is 11.1 Å². The Morgan fingerprint density at radius 2 is 1.73 bits per heavy atom. The minimum Gasteiger partial charge on any atom is -0.366 e. The van der Waals surface area contributed by atoms with Crippen LogP contribution in [0.15, 0.2) is 54.6 Å². The second-order valence-electron chi connectivity index (χ2n) is 5.70. The van der Waals surface area contributed by atoms with E-state index in [2.05, 4.69) is 5.32 Å². The normalized spacial score (nSPS) is 15.6. The van der Waals surface area contributed by atoms with Gasteiger partial charge in [-0.15, -0.1) is 0 Å². The summed E-state index contributed by atoms with van der Waals surface area (Å²) in [5.74, 6) is -0.524. The summed E-state index contributed by atoms with van der Waals surface area (Å²) in [7, 11) is 0. The highest BCUT2D eigenvalue weighted by molar-refractivity contribution is 6.01. The second kappa shape index (κ2) is 5.64. The van der Waals surface area contributed by atoms with Gasteiger partial charge in [0, 0.05) is 11.3 Å². The van der Waals surface area contributed by atoms with Gasteiger partial charge in [0.1, 0.15) is 0 Å². The number of hydrogen-bond donors (Lipinski definition) is 2. The lowest BCUT2D eigenvalue weighted by molar-refractivity contribution is -0.124. The zero-order valence-corrected chi connectivity index (χ0v) is 12.2. The standard InChI is InChI=1S/C18H18N2O2/c19-16(21)13-6-4-9-15(12-13)20-17(22)18(10-5-11-18)14-7-2-1-3-8-14/h1-4,6-9,12H,5,10-11H2,(H2,19,21)(H,20,22). The van der Waals surface area contributed by atoms with Gasteiger partial charge in [0.2, 0.25) is 11.8 Å². The summed E-state index contributed by atoms with van der Waals surface area (Å²) in [6.07, 6.45) is 2.74. The Bertz CT molecular complexity index is 706. The fraction of sp³-hybridized carbons (Fsp3) is 0.222. The highest BCUT2D eigenvalue weighted by Gasteiger charge is 2.45. The second-order valence-corrected chi connectivity index (χ2v) is 5.70. The third kappa shape index (κ3) is 2.48. The van der Waals surface area contributed by atoms with Crippen LogP contribution in [-0.2, 0) is 10.2 Å². The molecule has 3 rings (SSSR count). The van der Waals surface area contributed by atoms with Crippen molar-refractivity contribution < 1.29 is 9.59 Å². The molecule has 4 nitrogen and oxygen atoms in total. The first-order valence-electron chi connectivity index (χ1n) is 7.39. The maximum Gasteiger partial charge on any atom is 0.248 e. The first-order chi connectivity index (χ1) is 10.6. The minimum atomic E-state index is -0.502. The third-order valence-electron chi connectivity index (χ3n) is 4.37. The predicted molar refractivity (Wildman–Crippen MR) is 85.6 cm³/mol. The van der Waals surface area contributed by atoms with Crippen molar-refractivity contribution in [2.24, 2.45) is 5.73 Å². The Kier molecular flexibility index (Phi) is 3.67. The average Bonchev–Trinajstić information content (AvgIpc) is 2.47. The third-order valence-corrected chi connectivity index (χ3v) is 4.37. The van der Waals surface area contributed by atoms with E-state index in [0.717, 1.165) is 24.8 Å². The molecule has 1 fully saturated rings. The lowest BCUT2D eigenvalue weighted by atomic mass is 9.64. The lowest BCUT2D eigenvalue weighted by Crippen LogP contribution is -2.46. The number of rotatable bonds is 4. The largest absolute Gasteiger partial charge is 0.366 e. The van der Waals surface area contributed by atoms with E-state index in [1.165, 1.54) is 0 Å². The molecule has 0 unspecified atom stereocenters. The van der Waals surface area contributed by atoms with E-state index in [-0.39, 0.29) is 5.91 Å². The first-order valence-corrected chi connectivity index (χ1v) is 7.39. The van der Waals surface area contributed by atoms with Crippen molar-refractivity contribution >= 4 is 17.5 Å². The Balaban J connectivity index is 1.84. The monoisotopic (exact) mass is 294 g/mol. The van der Waals surface area contributed by atoms with Crippen LogP contribution in [0, 0.1) is 0 Å². The molecule has 4 heteroatoms. The number of anilines is 1. The van der Waals surface area contributed by atoms with E-state index in [1.807, 2.05) is 30.3 Å². The van der Waals surface area contributed by atoms with Crippen LogP contribution in [0.3, 0.4) is 0 Å². The summed E-state index contributed by atoms with van der Waals surface area (Å²) in [5, 5.41) is 2.93. The van der Waals surface area contributed by atoms with Crippen LogP contribution in [0.25, 0.3) is 0 Å². The van der Waals surface area contributed by atoms with E-state index >= 15 is 0 Å². The molecule has 0 aromatic heterocycles. The Morgan fingerprint density at radius 1 is 1.00 bits per heavy atom. The van der Waals surface area contributed by atoms with E-state index in [0.29, 0.717) is 11.3 Å². The lowest BCUT2D eigenvalue weighted by Gasteiger charge is -2.40. The van der Waals surface area contributed by atoms with Gasteiger partial charge in [0.15, 0.2) is 0 Å². The summed E-state index contributed by atoms with van der Waals surface area (Å²) in [6.45, 7) is 0. The van der Waals surface area contributed by atoms with Crippen LogP contribution in [-0.4, -0.2) is 11.8 Å². The smallest absolute Gasteiger partial charge is 0.248 e. The SMILES string of the molecule is NC(=O)c1cccc(NC(=O)C2(c3ccccc3)CCC2)c1. The van der Waals surface area contributed by atoms with Crippen molar-refractivity contribution in [1.82, 2.24) is 0 Å². The van der Waals surface area contributed by atoms with E-state index in [9.17, 15) is 9.59 Å². The van der Waals surface area contributed by atoms with Gasteiger partial charge < -0.3 is 11.1 Å². The molecule has 0 bridgehead atoms. The molecular weight excluding hydrogens is 276 g/mol. The van der Waals surface area contributed by atoms with Crippen LogP contribution >= 0.6 is 0 Å². The van der Waals surface area contributed by atoms with Crippen molar-refractivity contribution in [2.45, 2.75) is 24.7 Å². The fourth-order valence-electron chi connectivity index (χ4n) is 2.94. The van der Waals surface area contributed by atoms with Gasteiger partial charge in [-0.05, 0) is 36.6 Å². The van der Waals surface area contributed by atoms with Crippen molar-refractivity contribution in [3.8, 4) is 0 Å². The molecule has 0 spiro atoms. The molecule has 0 aliphatic heterocycles. The van der Waals surface area contributed by atoms with Crippen LogP contribution in [0.1, 0.15) is 35.2 Å². The highest BCUT2D eigenvalue weighted by atomic mass is 16.2. The quantitative estimate of drug-likeness (QED) is 0.910. The van der Waals surface area contributed by atoms with Crippen molar-refractivity contribution in [2.75, 3.05) is 5.32 Å². The topological polar surface area (TPSA) is 72.2 Å². The van der Waals surface area contributed by atoms with Crippen LogP contribution in [0.2, 0.25) is 0 Å². The average molecular weight is 294 g/mol. The molecule has 0 atom stereocenters. The van der Waals surface area contributed by atoms with Crippen LogP contribution in [0.5, 0.6) is 0 Å². The summed E-state index contributed by atoms with van der Waals surface area (Å²) in [6, 6.07) is 16.6. The number of benzene rings is 2. The summed E-state index contributed by atoms with van der Waals surface area (Å²) < 4.78 is 0. The van der Waals surface area contributed by atoms with E-state index < -0.39 is 11.3 Å². The molecule has 0 heterocycles. The molecule has 22 heavy (non-hydrogen) atoms. The maximum absolute atomic E-state index is 12.8. The van der Waals surface area contributed by atoms with Crippen molar-refractivity contribution in [3.63, 3.8) is 0 Å². The molecule has 112 valence electrons. The van der Waals surface area contributed by atoms with Crippen LogP contribution in [0.4, 0.5) is 5.69 Å². The van der Waals surface area contributed by atoms with Gasteiger partial charge in [-0.25, -0.2) is 0 Å². The molecular formula is C18H18N2O2. The van der Waals surface area contributed by atoms with Crippen molar-refractivity contribution in [3.05, 3.63) is 65.7 Å². The van der Waals surface area contributed by atoms with Gasteiger partial charge in [-0.3, -0.25) is 9.59 Å². The molecule has 2 aromatic rings. The summed E-state index contributed by atoms with van der Waals surface area (Å²) in [4.78, 5) is 24.0. The maximum atomic E-state index is 12.8. The summed E-state index contributed by atoms with van der Waals surface area (Å²) >= 11 is 0. The zero-order valence-electron chi connectivity index (χ0n) is 12.2. The molecule has 3 N–H and O–H groups in total. The Labute approximate surface area is 129 Å². The Hall–Kier alpha value is -2.62. The van der Waals surface area contributed by atoms with Gasteiger partial charge >= 0.3 is 0 Å². The zero-order chi connectivity index (χ0) is 15.6. The summed E-state index contributed by atoms with van der Waals surface area (Å²) in [5.41, 5.74) is 6.86. The highest BCUT2D eigenvalue weighted by Crippen LogP contribution is 2.44. The van der Waals surface area contributed by atoms with Gasteiger partial charge in [-0.2, -0.15) is 0 Å². The van der Waals surface area contributed by atoms with Gasteiger partial charge in [0.05, 0.1) is 5.41 Å². The molecule has 1 aliphatic carbocycles.